The normalized spacial score (nSPS) is 12.6. The molecule has 2 nitrogen and oxygen atoms in total. The summed E-state index contributed by atoms with van der Waals surface area (Å²) in [4.78, 5) is 2.45. The minimum absolute atomic E-state index is 0.272. The molecule has 0 heterocycles. The van der Waals surface area contributed by atoms with Gasteiger partial charge >= 0.3 is 0 Å². The maximum atomic E-state index is 6.09. The van der Waals surface area contributed by atoms with Crippen molar-refractivity contribution in [2.75, 3.05) is 13.1 Å². The van der Waals surface area contributed by atoms with Crippen LogP contribution in [0.2, 0.25) is 0 Å². The van der Waals surface area contributed by atoms with Gasteiger partial charge in [-0.1, -0.05) is 66.6 Å². The minimum Gasteiger partial charge on any atom is -0.329 e. The highest BCUT2D eigenvalue weighted by molar-refractivity contribution is 5.31. The van der Waals surface area contributed by atoms with E-state index < -0.39 is 0 Å². The zero-order valence-corrected chi connectivity index (χ0v) is 13.3. The second kappa shape index (κ2) is 7.39. The van der Waals surface area contributed by atoms with Crippen LogP contribution in [0.1, 0.15) is 35.2 Å². The van der Waals surface area contributed by atoms with Crippen molar-refractivity contribution in [3.8, 4) is 0 Å². The van der Waals surface area contributed by atoms with Crippen LogP contribution in [-0.2, 0) is 6.54 Å². The maximum absolute atomic E-state index is 6.09. The molecule has 0 aromatic heterocycles. The molecule has 2 heteroatoms. The summed E-state index contributed by atoms with van der Waals surface area (Å²) in [5.41, 5.74) is 11.4. The third-order valence-electron chi connectivity index (χ3n) is 3.93. The van der Waals surface area contributed by atoms with Gasteiger partial charge in [0.2, 0.25) is 0 Å². The van der Waals surface area contributed by atoms with Crippen molar-refractivity contribution in [1.82, 2.24) is 4.90 Å². The lowest BCUT2D eigenvalue weighted by Gasteiger charge is -2.30. The van der Waals surface area contributed by atoms with Gasteiger partial charge in [0.05, 0.1) is 0 Å². The number of hydrogen-bond acceptors (Lipinski definition) is 2. The van der Waals surface area contributed by atoms with Gasteiger partial charge in [0.1, 0.15) is 0 Å². The van der Waals surface area contributed by atoms with E-state index in [0.717, 1.165) is 13.1 Å². The highest BCUT2D eigenvalue weighted by Crippen LogP contribution is 2.24. The topological polar surface area (TPSA) is 29.3 Å². The molecule has 2 aromatic rings. The molecule has 0 saturated carbocycles. The Balaban J connectivity index is 2.24. The van der Waals surface area contributed by atoms with Crippen molar-refractivity contribution in [1.29, 1.82) is 0 Å². The van der Waals surface area contributed by atoms with Crippen molar-refractivity contribution in [3.63, 3.8) is 0 Å². The quantitative estimate of drug-likeness (QED) is 0.872. The molecule has 112 valence electrons. The fraction of sp³-hybridized carbons (Fsp3) is 0.368. The second-order valence-corrected chi connectivity index (χ2v) is 5.72. The van der Waals surface area contributed by atoms with Gasteiger partial charge in [-0.25, -0.2) is 0 Å². The number of likely N-dealkylation sites (N-methyl/N-ethyl adjacent to an activating group) is 1. The third-order valence-corrected chi connectivity index (χ3v) is 3.93. The molecular formula is C19H26N2. The fourth-order valence-corrected chi connectivity index (χ4v) is 2.96. The van der Waals surface area contributed by atoms with Gasteiger partial charge in [0.25, 0.3) is 0 Å². The monoisotopic (exact) mass is 282 g/mol. The molecule has 0 aliphatic rings. The molecule has 2 aromatic carbocycles. The van der Waals surface area contributed by atoms with E-state index in [1.807, 2.05) is 0 Å². The average molecular weight is 282 g/mol. The SMILES string of the molecule is CCN(Cc1ccccc1)C(CN)c1cc(C)cc(C)c1. The summed E-state index contributed by atoms with van der Waals surface area (Å²) in [6.45, 7) is 9.07. The number of nitrogens with two attached hydrogens (primary N) is 1. The van der Waals surface area contributed by atoms with Crippen molar-refractivity contribution >= 4 is 0 Å². The van der Waals surface area contributed by atoms with E-state index in [9.17, 15) is 0 Å². The maximum Gasteiger partial charge on any atom is 0.0474 e. The van der Waals surface area contributed by atoms with Gasteiger partial charge in [-0.3, -0.25) is 4.90 Å². The lowest BCUT2D eigenvalue weighted by molar-refractivity contribution is 0.203. The summed E-state index contributed by atoms with van der Waals surface area (Å²) in [5, 5.41) is 0. The van der Waals surface area contributed by atoms with Crippen molar-refractivity contribution in [2.24, 2.45) is 5.73 Å². The van der Waals surface area contributed by atoms with Crippen LogP contribution >= 0.6 is 0 Å². The molecular weight excluding hydrogens is 256 g/mol. The van der Waals surface area contributed by atoms with Crippen LogP contribution in [-0.4, -0.2) is 18.0 Å². The molecule has 0 aliphatic heterocycles. The molecule has 2 N–H and O–H groups in total. The summed E-state index contributed by atoms with van der Waals surface area (Å²) >= 11 is 0. The molecule has 0 spiro atoms. The van der Waals surface area contributed by atoms with E-state index in [4.69, 9.17) is 5.73 Å². The van der Waals surface area contributed by atoms with Crippen molar-refractivity contribution in [3.05, 3.63) is 70.8 Å². The van der Waals surface area contributed by atoms with E-state index in [2.05, 4.69) is 74.2 Å². The van der Waals surface area contributed by atoms with Crippen molar-refractivity contribution in [2.45, 2.75) is 33.4 Å². The Kier molecular flexibility index (Phi) is 5.54. The van der Waals surface area contributed by atoms with Crippen LogP contribution in [0.3, 0.4) is 0 Å². The van der Waals surface area contributed by atoms with Crippen LogP contribution in [0, 0.1) is 13.8 Å². The van der Waals surface area contributed by atoms with Crippen LogP contribution < -0.4 is 5.73 Å². The summed E-state index contributed by atoms with van der Waals surface area (Å²) in [5.74, 6) is 0. The van der Waals surface area contributed by atoms with E-state index in [-0.39, 0.29) is 6.04 Å². The first-order valence-corrected chi connectivity index (χ1v) is 7.70. The van der Waals surface area contributed by atoms with Gasteiger partial charge in [0, 0.05) is 19.1 Å². The van der Waals surface area contributed by atoms with E-state index in [0.29, 0.717) is 6.54 Å². The van der Waals surface area contributed by atoms with Crippen LogP contribution in [0.15, 0.2) is 48.5 Å². The van der Waals surface area contributed by atoms with Gasteiger partial charge in [-0.2, -0.15) is 0 Å². The molecule has 0 fully saturated rings. The fourth-order valence-electron chi connectivity index (χ4n) is 2.96. The van der Waals surface area contributed by atoms with E-state index in [1.165, 1.54) is 22.3 Å². The summed E-state index contributed by atoms with van der Waals surface area (Å²) in [6.07, 6.45) is 0. The number of rotatable bonds is 6. The number of hydrogen-bond donors (Lipinski definition) is 1. The lowest BCUT2D eigenvalue weighted by atomic mass is 9.99. The first-order valence-electron chi connectivity index (χ1n) is 7.70. The molecule has 0 radical (unpaired) electrons. The average Bonchev–Trinajstić information content (AvgIpc) is 2.47. The predicted octanol–water partition coefficient (Wildman–Crippen LogP) is 3.83. The highest BCUT2D eigenvalue weighted by atomic mass is 15.2. The van der Waals surface area contributed by atoms with Crippen LogP contribution in [0.5, 0.6) is 0 Å². The summed E-state index contributed by atoms with van der Waals surface area (Å²) in [7, 11) is 0. The Morgan fingerprint density at radius 3 is 2.14 bits per heavy atom. The molecule has 1 unspecified atom stereocenters. The highest BCUT2D eigenvalue weighted by Gasteiger charge is 2.18. The largest absolute Gasteiger partial charge is 0.329 e. The summed E-state index contributed by atoms with van der Waals surface area (Å²) < 4.78 is 0. The van der Waals surface area contributed by atoms with Gasteiger partial charge < -0.3 is 5.73 Å². The molecule has 0 saturated heterocycles. The molecule has 0 amide bonds. The van der Waals surface area contributed by atoms with Gasteiger partial charge in [-0.15, -0.1) is 0 Å². The molecule has 21 heavy (non-hydrogen) atoms. The Morgan fingerprint density at radius 2 is 1.62 bits per heavy atom. The zero-order chi connectivity index (χ0) is 15.2. The van der Waals surface area contributed by atoms with Gasteiger partial charge in [-0.05, 0) is 31.5 Å². The first kappa shape index (κ1) is 15.7. The van der Waals surface area contributed by atoms with Gasteiger partial charge in [0.15, 0.2) is 0 Å². The number of benzene rings is 2. The first-order chi connectivity index (χ1) is 10.1. The number of aryl methyl sites for hydroxylation is 2. The lowest BCUT2D eigenvalue weighted by Crippen LogP contribution is -2.33. The Morgan fingerprint density at radius 1 is 1.00 bits per heavy atom. The Bertz CT molecular complexity index is 543. The second-order valence-electron chi connectivity index (χ2n) is 5.72. The molecule has 2 rings (SSSR count). The number of nitrogens with zero attached hydrogens (tertiary/aromatic N) is 1. The van der Waals surface area contributed by atoms with Crippen LogP contribution in [0.25, 0.3) is 0 Å². The third kappa shape index (κ3) is 4.16. The van der Waals surface area contributed by atoms with E-state index >= 15 is 0 Å². The van der Waals surface area contributed by atoms with Crippen LogP contribution in [0.4, 0.5) is 0 Å². The van der Waals surface area contributed by atoms with Crippen molar-refractivity contribution < 1.29 is 0 Å². The minimum atomic E-state index is 0.272. The molecule has 0 aliphatic carbocycles. The molecule has 0 bridgehead atoms. The Hall–Kier alpha value is -1.64. The van der Waals surface area contributed by atoms with E-state index in [1.54, 1.807) is 0 Å². The summed E-state index contributed by atoms with van der Waals surface area (Å²) in [6, 6.07) is 17.6. The zero-order valence-electron chi connectivity index (χ0n) is 13.3. The standard InChI is InChI=1S/C19H26N2/c1-4-21(14-17-8-6-5-7-9-17)19(13-20)18-11-15(2)10-16(3)12-18/h5-12,19H,4,13-14,20H2,1-3H3. The Labute approximate surface area is 128 Å². The smallest absolute Gasteiger partial charge is 0.0474 e. The molecule has 1 atom stereocenters. The predicted molar refractivity (Wildman–Crippen MR) is 90.2 cm³/mol.